The summed E-state index contributed by atoms with van der Waals surface area (Å²) >= 11 is 5.34. The lowest BCUT2D eigenvalue weighted by molar-refractivity contribution is -0.144. The van der Waals surface area contributed by atoms with E-state index in [1.54, 1.807) is 0 Å². The SMILES string of the molecule is COC(=O)CN(CC(=O)OC)C(=O)NC(=O)CCCl. The number of imide groups is 1. The fraction of sp³-hybridized carbons (Fsp3) is 0.600. The molecule has 0 aromatic carbocycles. The molecule has 19 heavy (non-hydrogen) atoms. The van der Waals surface area contributed by atoms with E-state index in [0.717, 1.165) is 19.1 Å². The monoisotopic (exact) mass is 294 g/mol. The fourth-order valence-electron chi connectivity index (χ4n) is 0.987. The maximum absolute atomic E-state index is 11.7. The van der Waals surface area contributed by atoms with Gasteiger partial charge < -0.3 is 14.4 Å². The van der Waals surface area contributed by atoms with Crippen LogP contribution in [0.15, 0.2) is 0 Å². The van der Waals surface area contributed by atoms with Gasteiger partial charge in [-0.05, 0) is 0 Å². The van der Waals surface area contributed by atoms with Crippen LogP contribution in [0.25, 0.3) is 0 Å². The van der Waals surface area contributed by atoms with Crippen LogP contribution in [0.1, 0.15) is 6.42 Å². The largest absolute Gasteiger partial charge is 0.468 e. The number of nitrogens with one attached hydrogen (secondary N) is 1. The Balaban J connectivity index is 4.61. The molecular formula is C10H15ClN2O6. The molecule has 0 aromatic heterocycles. The molecule has 0 heterocycles. The van der Waals surface area contributed by atoms with Crippen molar-refractivity contribution in [2.75, 3.05) is 33.2 Å². The van der Waals surface area contributed by atoms with Gasteiger partial charge in [0.2, 0.25) is 5.91 Å². The second-order valence-electron chi connectivity index (χ2n) is 3.30. The van der Waals surface area contributed by atoms with Crippen molar-refractivity contribution in [3.63, 3.8) is 0 Å². The first-order valence-corrected chi connectivity index (χ1v) is 5.76. The molecule has 0 atom stereocenters. The molecule has 0 radical (unpaired) electrons. The van der Waals surface area contributed by atoms with E-state index in [9.17, 15) is 19.2 Å². The smallest absolute Gasteiger partial charge is 0.325 e. The lowest BCUT2D eigenvalue weighted by Gasteiger charge is -2.19. The number of carbonyl (C=O) groups is 4. The summed E-state index contributed by atoms with van der Waals surface area (Å²) < 4.78 is 8.76. The number of rotatable bonds is 6. The predicted octanol–water partition coefficient (Wildman–Crippen LogP) is -0.500. The number of carbonyl (C=O) groups excluding carboxylic acids is 4. The van der Waals surface area contributed by atoms with Crippen molar-refractivity contribution in [2.24, 2.45) is 0 Å². The lowest BCUT2D eigenvalue weighted by atomic mass is 10.4. The van der Waals surface area contributed by atoms with Gasteiger partial charge in [0.05, 0.1) is 14.2 Å². The standard InChI is InChI=1S/C10H15ClN2O6/c1-18-8(15)5-13(6-9(16)19-2)10(17)12-7(14)3-4-11/h3-6H2,1-2H3,(H,12,14,17). The molecule has 0 fully saturated rings. The molecule has 3 amide bonds. The van der Waals surface area contributed by atoms with Crippen molar-refractivity contribution in [1.29, 1.82) is 0 Å². The third kappa shape index (κ3) is 7.24. The maximum atomic E-state index is 11.7. The maximum Gasteiger partial charge on any atom is 0.325 e. The molecule has 1 N–H and O–H groups in total. The number of nitrogens with zero attached hydrogens (tertiary/aromatic N) is 1. The van der Waals surface area contributed by atoms with Gasteiger partial charge in [-0.2, -0.15) is 0 Å². The minimum absolute atomic E-state index is 0.0487. The molecule has 108 valence electrons. The second kappa shape index (κ2) is 9.15. The van der Waals surface area contributed by atoms with E-state index in [0.29, 0.717) is 0 Å². The Labute approximate surface area is 115 Å². The summed E-state index contributed by atoms with van der Waals surface area (Å²) in [6, 6.07) is -0.897. The summed E-state index contributed by atoms with van der Waals surface area (Å²) in [7, 11) is 2.27. The van der Waals surface area contributed by atoms with Crippen molar-refractivity contribution in [2.45, 2.75) is 6.42 Å². The van der Waals surface area contributed by atoms with Crippen LogP contribution in [0.5, 0.6) is 0 Å². The van der Waals surface area contributed by atoms with Crippen LogP contribution in [-0.4, -0.2) is 62.0 Å². The Hall–Kier alpha value is -1.83. The van der Waals surface area contributed by atoms with Crippen LogP contribution in [-0.2, 0) is 23.9 Å². The Bertz CT molecular complexity index is 342. The molecule has 0 aliphatic carbocycles. The third-order valence-corrected chi connectivity index (χ3v) is 2.14. The number of esters is 2. The molecule has 0 rings (SSSR count). The zero-order valence-electron chi connectivity index (χ0n) is 10.6. The van der Waals surface area contributed by atoms with Crippen LogP contribution in [0.3, 0.4) is 0 Å². The Morgan fingerprint density at radius 2 is 1.53 bits per heavy atom. The van der Waals surface area contributed by atoms with Crippen molar-refractivity contribution in [1.82, 2.24) is 10.2 Å². The number of urea groups is 1. The first-order valence-electron chi connectivity index (χ1n) is 5.23. The number of ether oxygens (including phenoxy) is 2. The van der Waals surface area contributed by atoms with Crippen molar-refractivity contribution >= 4 is 35.5 Å². The van der Waals surface area contributed by atoms with E-state index in [4.69, 9.17) is 11.6 Å². The molecule has 0 aromatic rings. The van der Waals surface area contributed by atoms with Gasteiger partial charge in [0.1, 0.15) is 13.1 Å². The zero-order chi connectivity index (χ0) is 14.8. The van der Waals surface area contributed by atoms with Gasteiger partial charge in [-0.25, -0.2) is 4.79 Å². The molecule has 0 saturated heterocycles. The predicted molar refractivity (Wildman–Crippen MR) is 64.5 cm³/mol. The van der Waals surface area contributed by atoms with E-state index < -0.39 is 37.0 Å². The van der Waals surface area contributed by atoms with Crippen LogP contribution in [0, 0.1) is 0 Å². The van der Waals surface area contributed by atoms with Crippen molar-refractivity contribution in [3.8, 4) is 0 Å². The highest BCUT2D eigenvalue weighted by Crippen LogP contribution is 1.94. The van der Waals surface area contributed by atoms with Gasteiger partial charge in [-0.3, -0.25) is 19.7 Å². The van der Waals surface area contributed by atoms with Gasteiger partial charge in [-0.15, -0.1) is 11.6 Å². The molecule has 0 bridgehead atoms. The molecule has 0 spiro atoms. The van der Waals surface area contributed by atoms with Gasteiger partial charge in [0.15, 0.2) is 0 Å². The molecule has 8 nitrogen and oxygen atoms in total. The van der Waals surface area contributed by atoms with Gasteiger partial charge in [0, 0.05) is 12.3 Å². The third-order valence-electron chi connectivity index (χ3n) is 1.95. The number of hydrogen-bond acceptors (Lipinski definition) is 6. The summed E-state index contributed by atoms with van der Waals surface area (Å²) in [6.45, 7) is -0.961. The van der Waals surface area contributed by atoms with E-state index in [-0.39, 0.29) is 12.3 Å². The fourth-order valence-corrected chi connectivity index (χ4v) is 1.16. The normalized spacial score (nSPS) is 9.42. The minimum atomic E-state index is -0.897. The average Bonchev–Trinajstić information content (AvgIpc) is 2.37. The molecule has 0 aliphatic rings. The minimum Gasteiger partial charge on any atom is -0.468 e. The number of methoxy groups -OCH3 is 2. The zero-order valence-corrected chi connectivity index (χ0v) is 11.4. The summed E-state index contributed by atoms with van der Waals surface area (Å²) in [4.78, 5) is 45.9. The second-order valence-corrected chi connectivity index (χ2v) is 3.68. The summed E-state index contributed by atoms with van der Waals surface area (Å²) in [6.07, 6.45) is -0.0580. The topological polar surface area (TPSA) is 102 Å². The molecular weight excluding hydrogens is 280 g/mol. The first kappa shape index (κ1) is 17.2. The first-order chi connectivity index (χ1) is 8.94. The Morgan fingerprint density at radius 1 is 1.05 bits per heavy atom. The Morgan fingerprint density at radius 3 is 1.89 bits per heavy atom. The van der Waals surface area contributed by atoms with Gasteiger partial charge in [0.25, 0.3) is 0 Å². The number of hydrogen-bond donors (Lipinski definition) is 1. The number of amides is 3. The number of halogens is 1. The van der Waals surface area contributed by atoms with E-state index in [1.807, 2.05) is 5.32 Å². The summed E-state index contributed by atoms with van der Waals surface area (Å²) in [5.41, 5.74) is 0. The number of alkyl halides is 1. The Kier molecular flexibility index (Phi) is 8.27. The van der Waals surface area contributed by atoms with E-state index >= 15 is 0 Å². The van der Waals surface area contributed by atoms with Crippen LogP contribution >= 0.6 is 11.6 Å². The van der Waals surface area contributed by atoms with Crippen LogP contribution in [0.2, 0.25) is 0 Å². The van der Waals surface area contributed by atoms with Gasteiger partial charge in [-0.1, -0.05) is 0 Å². The van der Waals surface area contributed by atoms with E-state index in [2.05, 4.69) is 9.47 Å². The molecule has 0 aliphatic heterocycles. The van der Waals surface area contributed by atoms with Crippen molar-refractivity contribution < 1.29 is 28.7 Å². The molecule has 0 unspecified atom stereocenters. The van der Waals surface area contributed by atoms with E-state index in [1.165, 1.54) is 0 Å². The summed E-state index contributed by atoms with van der Waals surface area (Å²) in [5, 5.41) is 1.99. The molecule has 0 saturated carbocycles. The van der Waals surface area contributed by atoms with Crippen molar-refractivity contribution in [3.05, 3.63) is 0 Å². The highest BCUT2D eigenvalue weighted by atomic mass is 35.5. The lowest BCUT2D eigenvalue weighted by Crippen LogP contribution is -2.47. The highest BCUT2D eigenvalue weighted by molar-refractivity contribution is 6.19. The highest BCUT2D eigenvalue weighted by Gasteiger charge is 2.22. The van der Waals surface area contributed by atoms with Crippen LogP contribution in [0.4, 0.5) is 4.79 Å². The van der Waals surface area contributed by atoms with Gasteiger partial charge >= 0.3 is 18.0 Å². The summed E-state index contributed by atoms with van der Waals surface area (Å²) in [5.74, 6) is -2.03. The van der Waals surface area contributed by atoms with Crippen LogP contribution < -0.4 is 5.32 Å². The average molecular weight is 295 g/mol. The quantitative estimate of drug-likeness (QED) is 0.523. The molecule has 9 heteroatoms.